The van der Waals surface area contributed by atoms with Crippen molar-refractivity contribution in [1.82, 2.24) is 15.1 Å². The zero-order chi connectivity index (χ0) is 13.2. The van der Waals surface area contributed by atoms with E-state index in [1.54, 1.807) is 0 Å². The Bertz CT molecular complexity index is 295. The molecule has 0 bridgehead atoms. The lowest BCUT2D eigenvalue weighted by Gasteiger charge is -2.31. The van der Waals surface area contributed by atoms with Gasteiger partial charge in [-0.15, -0.1) is 0 Å². The number of nitrogens with one attached hydrogen (secondary N) is 1. The second kappa shape index (κ2) is 5.57. The van der Waals surface area contributed by atoms with E-state index in [1.807, 2.05) is 4.90 Å². The van der Waals surface area contributed by atoms with Gasteiger partial charge in [0.2, 0.25) is 5.91 Å². The minimum Gasteiger partial charge on any atom is -0.340 e. The lowest BCUT2D eigenvalue weighted by Crippen LogP contribution is -2.47. The molecule has 1 aliphatic carbocycles. The molecule has 1 heterocycles. The fourth-order valence-electron chi connectivity index (χ4n) is 2.68. The monoisotopic (exact) mass is 253 g/mol. The third-order valence-electron chi connectivity index (χ3n) is 4.86. The summed E-state index contributed by atoms with van der Waals surface area (Å²) in [5, 5.41) is 3.28. The first-order chi connectivity index (χ1) is 8.53. The molecule has 1 atom stereocenters. The van der Waals surface area contributed by atoms with Gasteiger partial charge < -0.3 is 15.1 Å². The number of piperazine rings is 1. The van der Waals surface area contributed by atoms with Gasteiger partial charge in [0.05, 0.1) is 0 Å². The number of carbonyl (C=O) groups excluding carboxylic acids is 1. The van der Waals surface area contributed by atoms with Crippen molar-refractivity contribution >= 4 is 5.91 Å². The highest BCUT2D eigenvalue weighted by atomic mass is 16.2. The van der Waals surface area contributed by atoms with Gasteiger partial charge in [0.15, 0.2) is 0 Å². The zero-order valence-electron chi connectivity index (χ0n) is 12.0. The number of hydrogen-bond acceptors (Lipinski definition) is 3. The average molecular weight is 253 g/mol. The molecule has 1 aliphatic heterocycles. The van der Waals surface area contributed by atoms with Gasteiger partial charge in [0.25, 0.3) is 0 Å². The number of amides is 1. The van der Waals surface area contributed by atoms with Gasteiger partial charge in [-0.05, 0) is 32.2 Å². The van der Waals surface area contributed by atoms with Crippen LogP contribution < -0.4 is 5.32 Å². The fraction of sp³-hybridized carbons (Fsp3) is 0.929. The van der Waals surface area contributed by atoms with Crippen molar-refractivity contribution < 1.29 is 4.79 Å². The fourth-order valence-corrected chi connectivity index (χ4v) is 2.68. The molecule has 2 fully saturated rings. The molecule has 1 saturated carbocycles. The minimum atomic E-state index is 0.316. The van der Waals surface area contributed by atoms with Crippen LogP contribution >= 0.6 is 0 Å². The molecule has 2 aliphatic rings. The first kappa shape index (κ1) is 13.8. The van der Waals surface area contributed by atoms with Crippen LogP contribution in [-0.2, 0) is 4.79 Å². The topological polar surface area (TPSA) is 35.6 Å². The summed E-state index contributed by atoms with van der Waals surface area (Å²) in [7, 11) is 2.15. The van der Waals surface area contributed by atoms with Crippen LogP contribution in [-0.4, -0.2) is 61.5 Å². The van der Waals surface area contributed by atoms with Crippen molar-refractivity contribution in [2.75, 3.05) is 39.8 Å². The van der Waals surface area contributed by atoms with Crippen molar-refractivity contribution in [3.05, 3.63) is 0 Å². The van der Waals surface area contributed by atoms with E-state index in [4.69, 9.17) is 0 Å². The van der Waals surface area contributed by atoms with Crippen molar-refractivity contribution in [3.8, 4) is 0 Å². The highest BCUT2D eigenvalue weighted by Gasteiger charge is 2.43. The average Bonchev–Trinajstić information content (AvgIpc) is 3.15. The Kier molecular flexibility index (Phi) is 4.28. The molecule has 0 aromatic carbocycles. The summed E-state index contributed by atoms with van der Waals surface area (Å²) in [6, 6.07) is 0.591. The molecule has 1 saturated heterocycles. The second-order valence-electron chi connectivity index (χ2n) is 6.19. The first-order valence-corrected chi connectivity index (χ1v) is 7.22. The summed E-state index contributed by atoms with van der Waals surface area (Å²) < 4.78 is 0. The molecule has 4 nitrogen and oxygen atoms in total. The predicted molar refractivity (Wildman–Crippen MR) is 73.5 cm³/mol. The van der Waals surface area contributed by atoms with E-state index in [-0.39, 0.29) is 0 Å². The van der Waals surface area contributed by atoms with E-state index in [0.29, 0.717) is 23.8 Å². The molecule has 0 aromatic rings. The molecule has 104 valence electrons. The maximum atomic E-state index is 12.1. The Morgan fingerprint density at radius 3 is 2.56 bits per heavy atom. The van der Waals surface area contributed by atoms with Gasteiger partial charge >= 0.3 is 0 Å². The Morgan fingerprint density at radius 1 is 1.39 bits per heavy atom. The molecule has 1 unspecified atom stereocenters. The quantitative estimate of drug-likeness (QED) is 0.792. The van der Waals surface area contributed by atoms with Gasteiger partial charge in [0.1, 0.15) is 0 Å². The van der Waals surface area contributed by atoms with E-state index < -0.39 is 0 Å². The number of rotatable bonds is 5. The molecule has 4 heteroatoms. The van der Waals surface area contributed by atoms with E-state index in [9.17, 15) is 4.79 Å². The maximum absolute atomic E-state index is 12.1. The summed E-state index contributed by atoms with van der Waals surface area (Å²) in [6.45, 7) is 9.16. The highest BCUT2D eigenvalue weighted by molar-refractivity contribution is 5.76. The smallest absolute Gasteiger partial charge is 0.223 e. The van der Waals surface area contributed by atoms with Gasteiger partial charge in [0, 0.05) is 45.2 Å². The molecule has 0 aromatic heterocycles. The largest absolute Gasteiger partial charge is 0.340 e. The van der Waals surface area contributed by atoms with Crippen LogP contribution in [0.5, 0.6) is 0 Å². The van der Waals surface area contributed by atoms with Crippen LogP contribution in [0.2, 0.25) is 0 Å². The van der Waals surface area contributed by atoms with Crippen LogP contribution in [0.3, 0.4) is 0 Å². The summed E-state index contributed by atoms with van der Waals surface area (Å²) in [6.07, 6.45) is 3.34. The normalized spacial score (nSPS) is 24.1. The summed E-state index contributed by atoms with van der Waals surface area (Å²) in [5.74, 6) is 0.316. The van der Waals surface area contributed by atoms with Gasteiger partial charge in [-0.2, -0.15) is 0 Å². The zero-order valence-corrected chi connectivity index (χ0v) is 12.0. The summed E-state index contributed by atoms with van der Waals surface area (Å²) in [4.78, 5) is 16.4. The molecular formula is C14H27N3O. The van der Waals surface area contributed by atoms with Crippen molar-refractivity contribution in [3.63, 3.8) is 0 Å². The minimum absolute atomic E-state index is 0.316. The molecule has 0 spiro atoms. The van der Waals surface area contributed by atoms with Gasteiger partial charge in [-0.3, -0.25) is 4.79 Å². The summed E-state index contributed by atoms with van der Waals surface area (Å²) in [5.41, 5.74) is 0.507. The third kappa shape index (κ3) is 3.23. The standard InChI is InChI=1S/C14H27N3O/c1-12(14(2)5-6-14)16(3)9-4-13(18)17-10-7-15-8-11-17/h12,15H,4-11H2,1-3H3. The number of hydrogen-bond donors (Lipinski definition) is 1. The molecule has 2 rings (SSSR count). The lowest BCUT2D eigenvalue weighted by molar-refractivity contribution is -0.132. The van der Waals surface area contributed by atoms with Crippen molar-refractivity contribution in [1.29, 1.82) is 0 Å². The number of carbonyl (C=O) groups is 1. The second-order valence-corrected chi connectivity index (χ2v) is 6.19. The van der Waals surface area contributed by atoms with Gasteiger partial charge in [-0.1, -0.05) is 6.92 Å². The van der Waals surface area contributed by atoms with Crippen LogP contribution in [0.1, 0.15) is 33.1 Å². The molecule has 1 amide bonds. The summed E-state index contributed by atoms with van der Waals surface area (Å²) >= 11 is 0. The maximum Gasteiger partial charge on any atom is 0.223 e. The van der Waals surface area contributed by atoms with E-state index in [2.05, 4.69) is 31.1 Å². The molecule has 0 radical (unpaired) electrons. The van der Waals surface area contributed by atoms with Crippen LogP contribution in [0, 0.1) is 5.41 Å². The van der Waals surface area contributed by atoms with Gasteiger partial charge in [-0.25, -0.2) is 0 Å². The highest BCUT2D eigenvalue weighted by Crippen LogP contribution is 2.49. The van der Waals surface area contributed by atoms with Crippen LogP contribution in [0.15, 0.2) is 0 Å². The van der Waals surface area contributed by atoms with E-state index in [0.717, 1.165) is 32.7 Å². The number of nitrogens with zero attached hydrogens (tertiary/aromatic N) is 2. The SMILES string of the molecule is CC(N(C)CCC(=O)N1CCNCC1)C1(C)CC1. The molecule has 18 heavy (non-hydrogen) atoms. The van der Waals surface area contributed by atoms with Crippen LogP contribution in [0.25, 0.3) is 0 Å². The van der Waals surface area contributed by atoms with Crippen molar-refractivity contribution in [2.45, 2.75) is 39.2 Å². The van der Waals surface area contributed by atoms with Crippen LogP contribution in [0.4, 0.5) is 0 Å². The Hall–Kier alpha value is -0.610. The Labute approximate surface area is 111 Å². The first-order valence-electron chi connectivity index (χ1n) is 7.22. The third-order valence-corrected chi connectivity index (χ3v) is 4.86. The van der Waals surface area contributed by atoms with Crippen molar-refractivity contribution in [2.24, 2.45) is 5.41 Å². The predicted octanol–water partition coefficient (Wildman–Crippen LogP) is 0.929. The molecule has 1 N–H and O–H groups in total. The Balaban J connectivity index is 1.71. The van der Waals surface area contributed by atoms with E-state index in [1.165, 1.54) is 12.8 Å². The molecular weight excluding hydrogens is 226 g/mol. The lowest BCUT2D eigenvalue weighted by atomic mass is 9.99. The Morgan fingerprint density at radius 2 is 2.00 bits per heavy atom. The van der Waals surface area contributed by atoms with E-state index >= 15 is 0 Å².